The molecule has 1 fully saturated rings. The average molecular weight is 397 g/mol. The van der Waals surface area contributed by atoms with Crippen LogP contribution in [0.5, 0.6) is 0 Å². The predicted octanol–water partition coefficient (Wildman–Crippen LogP) is 3.71. The van der Waals surface area contributed by atoms with Gasteiger partial charge >= 0.3 is 0 Å². The fourth-order valence-electron chi connectivity index (χ4n) is 4.07. The van der Waals surface area contributed by atoms with E-state index in [2.05, 4.69) is 34.0 Å². The second-order valence-corrected chi connectivity index (χ2v) is 8.70. The van der Waals surface area contributed by atoms with E-state index in [9.17, 15) is 9.59 Å². The summed E-state index contributed by atoms with van der Waals surface area (Å²) in [5.41, 5.74) is 1.36. The van der Waals surface area contributed by atoms with E-state index in [4.69, 9.17) is 0 Å². The molecule has 3 heterocycles. The molecule has 28 heavy (non-hydrogen) atoms. The normalized spacial score (nSPS) is 20.4. The van der Waals surface area contributed by atoms with E-state index in [1.54, 1.807) is 6.07 Å². The Balaban J connectivity index is 1.46. The van der Waals surface area contributed by atoms with Gasteiger partial charge in [0.2, 0.25) is 0 Å². The summed E-state index contributed by atoms with van der Waals surface area (Å²) in [6, 6.07) is 9.02. The third kappa shape index (κ3) is 4.15. The van der Waals surface area contributed by atoms with Gasteiger partial charge in [0.05, 0.1) is 5.69 Å². The summed E-state index contributed by atoms with van der Waals surface area (Å²) in [5, 5.41) is 6.08. The van der Waals surface area contributed by atoms with Crippen molar-refractivity contribution in [3.8, 4) is 0 Å². The lowest BCUT2D eigenvalue weighted by Gasteiger charge is -2.34. The van der Waals surface area contributed by atoms with Crippen LogP contribution in [0.3, 0.4) is 0 Å². The maximum atomic E-state index is 12.6. The third-order valence-corrected chi connectivity index (χ3v) is 5.91. The van der Waals surface area contributed by atoms with Crippen molar-refractivity contribution in [2.45, 2.75) is 26.8 Å². The molecule has 0 saturated carbocycles. The van der Waals surface area contributed by atoms with E-state index in [1.807, 2.05) is 29.6 Å². The van der Waals surface area contributed by atoms with Crippen molar-refractivity contribution in [3.63, 3.8) is 0 Å². The number of H-pyrrole nitrogens is 1. The highest BCUT2D eigenvalue weighted by atomic mass is 32.1. The highest BCUT2D eigenvalue weighted by Gasteiger charge is 2.22. The molecule has 1 amide bonds. The summed E-state index contributed by atoms with van der Waals surface area (Å²) in [5.74, 6) is 0.954. The largest absolute Gasteiger partial charge is 0.321 e. The number of carbonyl (C=O) groups excluding carboxylic acids is 1. The molecule has 2 aromatic heterocycles. The first-order valence-corrected chi connectivity index (χ1v) is 10.5. The van der Waals surface area contributed by atoms with Crippen LogP contribution in [0.2, 0.25) is 0 Å². The molecule has 0 bridgehead atoms. The van der Waals surface area contributed by atoms with Gasteiger partial charge in [-0.25, -0.2) is 4.98 Å². The van der Waals surface area contributed by atoms with Crippen molar-refractivity contribution in [3.05, 3.63) is 57.3 Å². The van der Waals surface area contributed by atoms with E-state index >= 15 is 0 Å². The van der Waals surface area contributed by atoms with Crippen molar-refractivity contribution < 1.29 is 4.79 Å². The molecular formula is C21H24N4O2S. The molecule has 2 N–H and O–H groups in total. The summed E-state index contributed by atoms with van der Waals surface area (Å²) < 4.78 is 0. The van der Waals surface area contributed by atoms with Gasteiger partial charge in [-0.05, 0) is 35.8 Å². The molecule has 0 aliphatic carbocycles. The molecular weight excluding hydrogens is 372 g/mol. The van der Waals surface area contributed by atoms with Crippen LogP contribution < -0.4 is 10.9 Å². The molecule has 0 spiro atoms. The lowest BCUT2D eigenvalue weighted by atomic mass is 9.92. The number of nitrogens with zero attached hydrogens (tertiary/aromatic N) is 2. The van der Waals surface area contributed by atoms with E-state index in [-0.39, 0.29) is 5.56 Å². The summed E-state index contributed by atoms with van der Waals surface area (Å²) in [4.78, 5) is 34.6. The second kappa shape index (κ2) is 7.85. The highest BCUT2D eigenvalue weighted by Crippen LogP contribution is 2.24. The number of hydrogen-bond donors (Lipinski definition) is 2. The number of carbonyl (C=O) groups is 1. The lowest BCUT2D eigenvalue weighted by Crippen LogP contribution is -2.38. The molecule has 4 rings (SSSR count). The molecule has 2 atom stereocenters. The molecule has 1 saturated heterocycles. The molecule has 1 aliphatic heterocycles. The number of aromatic amines is 1. The smallest absolute Gasteiger partial charge is 0.263 e. The van der Waals surface area contributed by atoms with Crippen LogP contribution in [-0.4, -0.2) is 33.9 Å². The minimum absolute atomic E-state index is 0.0918. The first-order valence-electron chi connectivity index (χ1n) is 9.58. The highest BCUT2D eigenvalue weighted by molar-refractivity contribution is 7.14. The van der Waals surface area contributed by atoms with Gasteiger partial charge in [0.15, 0.2) is 5.13 Å². The van der Waals surface area contributed by atoms with E-state index in [0.29, 0.717) is 22.5 Å². The summed E-state index contributed by atoms with van der Waals surface area (Å²) in [6.45, 7) is 7.52. The van der Waals surface area contributed by atoms with Crippen LogP contribution in [0, 0.1) is 11.8 Å². The number of likely N-dealkylation sites (tertiary alicyclic amines) is 1. The van der Waals surface area contributed by atoms with Crippen molar-refractivity contribution in [2.24, 2.45) is 11.8 Å². The van der Waals surface area contributed by atoms with Gasteiger partial charge in [0.25, 0.3) is 11.5 Å². The van der Waals surface area contributed by atoms with Crippen molar-refractivity contribution in [2.75, 3.05) is 18.4 Å². The zero-order valence-electron chi connectivity index (χ0n) is 16.1. The maximum Gasteiger partial charge on any atom is 0.263 e. The molecule has 6 nitrogen and oxygen atoms in total. The van der Waals surface area contributed by atoms with Gasteiger partial charge in [-0.15, -0.1) is 11.3 Å². The molecule has 7 heteroatoms. The standard InChI is InChI=1S/C21H24N4O2S/c1-13-7-14(2)10-25(9-13)11-16-12-28-21(22-16)24-20(27)17-8-15-5-3-4-6-18(15)23-19(17)26/h3-6,8,12-14H,7,9-11H2,1-2H3,(H,23,26)(H,22,24,27)/t13-,14-/m0/s1. The number of amides is 1. The first-order chi connectivity index (χ1) is 13.5. The van der Waals surface area contributed by atoms with E-state index in [1.165, 1.54) is 17.8 Å². The molecule has 1 aromatic carbocycles. The molecule has 0 radical (unpaired) electrons. The Kier molecular flexibility index (Phi) is 5.28. The van der Waals surface area contributed by atoms with Gasteiger partial charge < -0.3 is 4.98 Å². The van der Waals surface area contributed by atoms with Crippen molar-refractivity contribution in [1.29, 1.82) is 0 Å². The zero-order valence-corrected chi connectivity index (χ0v) is 16.9. The van der Waals surface area contributed by atoms with Crippen molar-refractivity contribution in [1.82, 2.24) is 14.9 Å². The Morgan fingerprint density at radius 3 is 2.82 bits per heavy atom. The number of piperidine rings is 1. The molecule has 1 aliphatic rings. The van der Waals surface area contributed by atoms with Crippen LogP contribution in [-0.2, 0) is 6.54 Å². The third-order valence-electron chi connectivity index (χ3n) is 5.10. The van der Waals surface area contributed by atoms with Crippen molar-refractivity contribution >= 4 is 33.3 Å². The van der Waals surface area contributed by atoms with Crippen LogP contribution in [0.15, 0.2) is 40.5 Å². The quantitative estimate of drug-likeness (QED) is 0.705. The van der Waals surface area contributed by atoms with Crippen LogP contribution >= 0.6 is 11.3 Å². The van der Waals surface area contributed by atoms with Gasteiger partial charge in [-0.1, -0.05) is 32.0 Å². The number of aromatic nitrogens is 2. The van der Waals surface area contributed by atoms with Gasteiger partial charge in [0.1, 0.15) is 5.56 Å². The fraction of sp³-hybridized carbons (Fsp3) is 0.381. The zero-order chi connectivity index (χ0) is 19.7. The summed E-state index contributed by atoms with van der Waals surface area (Å²) in [7, 11) is 0. The lowest BCUT2D eigenvalue weighted by molar-refractivity contribution is 0.102. The average Bonchev–Trinajstić information content (AvgIpc) is 3.06. The number of rotatable bonds is 4. The van der Waals surface area contributed by atoms with Gasteiger partial charge in [-0.2, -0.15) is 0 Å². The Labute approximate surface area is 167 Å². The topological polar surface area (TPSA) is 78.1 Å². The monoisotopic (exact) mass is 396 g/mol. The summed E-state index contributed by atoms with van der Waals surface area (Å²) >= 11 is 1.39. The second-order valence-electron chi connectivity index (χ2n) is 7.84. The maximum absolute atomic E-state index is 12.6. The molecule has 0 unspecified atom stereocenters. The van der Waals surface area contributed by atoms with Crippen LogP contribution in [0.4, 0.5) is 5.13 Å². The number of anilines is 1. The summed E-state index contributed by atoms with van der Waals surface area (Å²) in [6.07, 6.45) is 1.27. The number of para-hydroxylation sites is 1. The number of pyridine rings is 1. The van der Waals surface area contributed by atoms with Crippen LogP contribution in [0.1, 0.15) is 36.3 Å². The van der Waals surface area contributed by atoms with Crippen LogP contribution in [0.25, 0.3) is 10.9 Å². The number of nitrogens with one attached hydrogen (secondary N) is 2. The fourth-order valence-corrected chi connectivity index (χ4v) is 4.76. The molecule has 3 aromatic rings. The number of benzene rings is 1. The van der Waals surface area contributed by atoms with Gasteiger partial charge in [0, 0.05) is 30.5 Å². The minimum Gasteiger partial charge on any atom is -0.321 e. The number of hydrogen-bond acceptors (Lipinski definition) is 5. The SMILES string of the molecule is C[C@H]1C[C@H](C)CN(Cc2csc(NC(=O)c3cc4ccccc4[nH]c3=O)n2)C1. The predicted molar refractivity (Wildman–Crippen MR) is 113 cm³/mol. The van der Waals surface area contributed by atoms with Gasteiger partial charge in [-0.3, -0.25) is 19.8 Å². The number of thiazole rings is 1. The van der Waals surface area contributed by atoms with E-state index < -0.39 is 11.5 Å². The Morgan fingerprint density at radius 2 is 2.04 bits per heavy atom. The minimum atomic E-state index is -0.437. The Morgan fingerprint density at radius 1 is 1.29 bits per heavy atom. The Hall–Kier alpha value is -2.51. The van der Waals surface area contributed by atoms with E-state index in [0.717, 1.165) is 30.7 Å². The Bertz CT molecular complexity index is 1050. The molecule has 146 valence electrons. The first kappa shape index (κ1) is 18.8. The number of fused-ring (bicyclic) bond motifs is 1.